The van der Waals surface area contributed by atoms with Crippen LogP contribution in [0.25, 0.3) is 0 Å². The van der Waals surface area contributed by atoms with Crippen molar-refractivity contribution >= 4 is 15.9 Å². The van der Waals surface area contributed by atoms with Crippen molar-refractivity contribution in [3.63, 3.8) is 0 Å². The van der Waals surface area contributed by atoms with Gasteiger partial charge in [0, 0.05) is 31.1 Å². The molecule has 3 aliphatic rings. The van der Waals surface area contributed by atoms with Crippen LogP contribution in [0.5, 0.6) is 11.5 Å². The van der Waals surface area contributed by atoms with Crippen LogP contribution in [0.4, 0.5) is 0 Å². The number of ether oxygens (including phenoxy) is 2. The number of carbonyl (C=O) groups is 1. The molecule has 0 spiro atoms. The Hall–Kier alpha value is -1.80. The monoisotopic (exact) mass is 422 g/mol. The number of hydrogen-bond acceptors (Lipinski definition) is 5. The second kappa shape index (κ2) is 8.52. The summed E-state index contributed by atoms with van der Waals surface area (Å²) < 4.78 is 38.5. The topological polar surface area (TPSA) is 84.9 Å². The Morgan fingerprint density at radius 1 is 1.03 bits per heavy atom. The Morgan fingerprint density at radius 2 is 1.72 bits per heavy atom. The molecule has 2 fully saturated rings. The lowest BCUT2D eigenvalue weighted by molar-refractivity contribution is -0.127. The number of hydrogen-bond donors (Lipinski definition) is 1. The summed E-state index contributed by atoms with van der Waals surface area (Å²) in [7, 11) is -3.61. The number of rotatable bonds is 4. The van der Waals surface area contributed by atoms with E-state index >= 15 is 0 Å². The first-order valence-electron chi connectivity index (χ1n) is 10.7. The van der Waals surface area contributed by atoms with Crippen LogP contribution in [0.3, 0.4) is 0 Å². The van der Waals surface area contributed by atoms with Crippen molar-refractivity contribution in [2.75, 3.05) is 26.3 Å². The van der Waals surface area contributed by atoms with E-state index in [1.165, 1.54) is 23.2 Å². The number of piperidine rings is 1. The summed E-state index contributed by atoms with van der Waals surface area (Å²) in [4.78, 5) is 12.9. The Balaban J connectivity index is 1.36. The van der Waals surface area contributed by atoms with Gasteiger partial charge in [0.05, 0.1) is 4.90 Å². The fourth-order valence-corrected chi connectivity index (χ4v) is 6.01. The molecule has 0 radical (unpaired) electrons. The predicted molar refractivity (Wildman–Crippen MR) is 108 cm³/mol. The molecule has 160 valence electrons. The summed E-state index contributed by atoms with van der Waals surface area (Å²) in [6.45, 7) is 3.79. The highest BCUT2D eigenvalue weighted by molar-refractivity contribution is 7.89. The standard InChI is InChI=1S/C21H30N2O5S/c1-15-4-2-3-5-18(15)22-21(24)16-8-10-23(11-9-16)29(25,26)17-6-7-19-20(14-17)28-13-12-27-19/h6-7,14-16,18H,2-5,8-13H2,1H3,(H,22,24). The zero-order valence-corrected chi connectivity index (χ0v) is 17.7. The number of nitrogens with zero attached hydrogens (tertiary/aromatic N) is 1. The van der Waals surface area contributed by atoms with Gasteiger partial charge >= 0.3 is 0 Å². The van der Waals surface area contributed by atoms with Gasteiger partial charge in [-0.3, -0.25) is 4.79 Å². The second-order valence-corrected chi connectivity index (χ2v) is 10.3. The number of amides is 1. The van der Waals surface area contributed by atoms with E-state index in [0.717, 1.165) is 12.8 Å². The van der Waals surface area contributed by atoms with Crippen molar-refractivity contribution in [3.05, 3.63) is 18.2 Å². The highest BCUT2D eigenvalue weighted by Crippen LogP contribution is 2.34. The zero-order chi connectivity index (χ0) is 20.4. The van der Waals surface area contributed by atoms with Crippen molar-refractivity contribution in [1.82, 2.24) is 9.62 Å². The van der Waals surface area contributed by atoms with Crippen LogP contribution in [0, 0.1) is 11.8 Å². The van der Waals surface area contributed by atoms with Gasteiger partial charge in [-0.05, 0) is 43.7 Å². The van der Waals surface area contributed by atoms with E-state index in [2.05, 4.69) is 12.2 Å². The van der Waals surface area contributed by atoms with Crippen LogP contribution in [0.2, 0.25) is 0 Å². The molecule has 2 unspecified atom stereocenters. The van der Waals surface area contributed by atoms with Gasteiger partial charge in [0.15, 0.2) is 11.5 Å². The lowest BCUT2D eigenvalue weighted by Crippen LogP contribution is -2.47. The minimum atomic E-state index is -3.61. The Labute approximate surface area is 172 Å². The first-order valence-corrected chi connectivity index (χ1v) is 12.1. The zero-order valence-electron chi connectivity index (χ0n) is 16.9. The molecule has 0 bridgehead atoms. The van der Waals surface area contributed by atoms with Crippen LogP contribution in [-0.2, 0) is 14.8 Å². The van der Waals surface area contributed by atoms with Crippen molar-refractivity contribution in [2.24, 2.45) is 11.8 Å². The largest absolute Gasteiger partial charge is 0.486 e. The third-order valence-corrected chi connectivity index (χ3v) is 8.31. The number of sulfonamides is 1. The third kappa shape index (κ3) is 4.38. The summed E-state index contributed by atoms with van der Waals surface area (Å²) in [6.07, 6.45) is 5.72. The highest BCUT2D eigenvalue weighted by Gasteiger charge is 2.34. The lowest BCUT2D eigenvalue weighted by Gasteiger charge is -2.34. The van der Waals surface area contributed by atoms with Crippen LogP contribution in [-0.4, -0.2) is 51.0 Å². The summed E-state index contributed by atoms with van der Waals surface area (Å²) in [6, 6.07) is 5.00. The van der Waals surface area contributed by atoms with Crippen molar-refractivity contribution in [2.45, 2.75) is 56.4 Å². The van der Waals surface area contributed by atoms with Gasteiger partial charge in [-0.2, -0.15) is 4.31 Å². The molecule has 2 aliphatic heterocycles. The normalized spacial score (nSPS) is 26.1. The Morgan fingerprint density at radius 3 is 2.45 bits per heavy atom. The molecular formula is C21H30N2O5S. The van der Waals surface area contributed by atoms with E-state index in [-0.39, 0.29) is 22.8 Å². The molecule has 1 saturated carbocycles. The molecule has 0 aromatic heterocycles. The van der Waals surface area contributed by atoms with E-state index in [1.807, 2.05) is 0 Å². The minimum absolute atomic E-state index is 0.0835. The quantitative estimate of drug-likeness (QED) is 0.806. The van der Waals surface area contributed by atoms with Gasteiger partial charge in [-0.15, -0.1) is 0 Å². The summed E-state index contributed by atoms with van der Waals surface area (Å²) in [5, 5.41) is 3.22. The molecule has 1 aromatic rings. The summed E-state index contributed by atoms with van der Waals surface area (Å²) >= 11 is 0. The number of fused-ring (bicyclic) bond motifs is 1. The molecule has 1 N–H and O–H groups in total. The maximum Gasteiger partial charge on any atom is 0.243 e. The highest BCUT2D eigenvalue weighted by atomic mass is 32.2. The number of benzene rings is 1. The summed E-state index contributed by atoms with van der Waals surface area (Å²) in [5.41, 5.74) is 0. The van der Waals surface area contributed by atoms with Gasteiger partial charge in [0.1, 0.15) is 13.2 Å². The molecule has 7 nitrogen and oxygen atoms in total. The van der Waals surface area contributed by atoms with Gasteiger partial charge in [-0.1, -0.05) is 19.8 Å². The van der Waals surface area contributed by atoms with Crippen LogP contribution < -0.4 is 14.8 Å². The Kier molecular flexibility index (Phi) is 6.01. The van der Waals surface area contributed by atoms with Crippen LogP contribution in [0.1, 0.15) is 45.4 Å². The second-order valence-electron chi connectivity index (χ2n) is 8.36. The molecule has 2 heterocycles. The van der Waals surface area contributed by atoms with E-state index in [4.69, 9.17) is 9.47 Å². The lowest BCUT2D eigenvalue weighted by atomic mass is 9.85. The van der Waals surface area contributed by atoms with Crippen molar-refractivity contribution in [3.8, 4) is 11.5 Å². The molecule has 1 saturated heterocycles. The van der Waals surface area contributed by atoms with Gasteiger partial charge in [-0.25, -0.2) is 8.42 Å². The summed E-state index contributed by atoms with van der Waals surface area (Å²) in [5.74, 6) is 1.52. The molecule has 4 rings (SSSR count). The fraction of sp³-hybridized carbons (Fsp3) is 0.667. The molecule has 1 amide bonds. The van der Waals surface area contributed by atoms with Crippen LogP contribution in [0.15, 0.2) is 23.1 Å². The SMILES string of the molecule is CC1CCCCC1NC(=O)C1CCN(S(=O)(=O)c2ccc3c(c2)OCCO3)CC1. The van der Waals surface area contributed by atoms with Crippen molar-refractivity contribution < 1.29 is 22.7 Å². The number of carbonyl (C=O) groups excluding carboxylic acids is 1. The van der Waals surface area contributed by atoms with E-state index in [1.54, 1.807) is 12.1 Å². The maximum absolute atomic E-state index is 13.0. The predicted octanol–water partition coefficient (Wildman–Crippen LogP) is 2.55. The van der Waals surface area contributed by atoms with E-state index < -0.39 is 10.0 Å². The van der Waals surface area contributed by atoms with Crippen LogP contribution >= 0.6 is 0 Å². The Bertz CT molecular complexity index is 849. The minimum Gasteiger partial charge on any atom is -0.486 e. The molecule has 2 atom stereocenters. The fourth-order valence-electron chi connectivity index (χ4n) is 4.52. The third-order valence-electron chi connectivity index (χ3n) is 6.42. The number of nitrogens with one attached hydrogen (secondary N) is 1. The average Bonchev–Trinajstić information content (AvgIpc) is 2.75. The molecule has 1 aliphatic carbocycles. The van der Waals surface area contributed by atoms with E-state index in [0.29, 0.717) is 56.6 Å². The van der Waals surface area contributed by atoms with E-state index in [9.17, 15) is 13.2 Å². The van der Waals surface area contributed by atoms with Gasteiger partial charge in [0.2, 0.25) is 15.9 Å². The molecular weight excluding hydrogens is 392 g/mol. The first kappa shape index (κ1) is 20.5. The molecule has 1 aromatic carbocycles. The molecule has 8 heteroatoms. The average molecular weight is 423 g/mol. The van der Waals surface area contributed by atoms with Gasteiger partial charge < -0.3 is 14.8 Å². The first-order chi connectivity index (χ1) is 13.9. The molecule has 29 heavy (non-hydrogen) atoms. The smallest absolute Gasteiger partial charge is 0.243 e. The van der Waals surface area contributed by atoms with Gasteiger partial charge in [0.25, 0.3) is 0 Å². The van der Waals surface area contributed by atoms with Crippen molar-refractivity contribution in [1.29, 1.82) is 0 Å². The maximum atomic E-state index is 13.0.